The van der Waals surface area contributed by atoms with Crippen molar-refractivity contribution in [2.75, 3.05) is 44.7 Å². The molecule has 0 spiro atoms. The van der Waals surface area contributed by atoms with Gasteiger partial charge in [-0.3, -0.25) is 14.6 Å². The third-order valence-corrected chi connectivity index (χ3v) is 8.92. The van der Waals surface area contributed by atoms with Gasteiger partial charge in [0, 0.05) is 56.8 Å². The van der Waals surface area contributed by atoms with Gasteiger partial charge in [0.25, 0.3) is 5.92 Å². The van der Waals surface area contributed by atoms with Crippen LogP contribution in [-0.4, -0.2) is 88.4 Å². The second-order valence-corrected chi connectivity index (χ2v) is 11.6. The number of aromatic nitrogens is 2. The molecule has 1 unspecified atom stereocenters. The zero-order valence-corrected chi connectivity index (χ0v) is 23.3. The van der Waals surface area contributed by atoms with E-state index in [0.717, 1.165) is 29.9 Å². The molecule has 4 heterocycles. The summed E-state index contributed by atoms with van der Waals surface area (Å²) in [5.74, 6) is -2.19. The predicted octanol–water partition coefficient (Wildman–Crippen LogP) is 3.31. The maximum atomic E-state index is 14.0. The molecule has 3 atom stereocenters. The second-order valence-electron chi connectivity index (χ2n) is 11.6. The van der Waals surface area contributed by atoms with Crippen LogP contribution in [0.2, 0.25) is 0 Å². The topological polar surface area (TPSA) is 88.8 Å². The Morgan fingerprint density at radius 2 is 2.07 bits per heavy atom. The molecule has 9 nitrogen and oxygen atoms in total. The zero-order chi connectivity index (χ0) is 28.7. The number of ether oxygens (including phenoxy) is 1. The Morgan fingerprint density at radius 1 is 1.24 bits per heavy atom. The standard InChI is InChI=1S/C30H35F2N7O2/c1-3-27(40)39-13-12-37(15-21(39)10-11-33)28-24-16-38(26-9-8-20-6-4-5-7-23(20)26)17-25(24)34-29(35-28)41-18-22-14-30(31,32)19-36(22)2/h3-7,21-22,26H,1,8-10,12-19H2,2H3/t21-,22-,26?/m0/s1. The monoisotopic (exact) mass is 563 g/mol. The van der Waals surface area contributed by atoms with Crippen LogP contribution in [0.15, 0.2) is 36.9 Å². The highest BCUT2D eigenvalue weighted by molar-refractivity contribution is 5.87. The zero-order valence-electron chi connectivity index (χ0n) is 23.3. The van der Waals surface area contributed by atoms with Crippen molar-refractivity contribution in [1.82, 2.24) is 24.7 Å². The summed E-state index contributed by atoms with van der Waals surface area (Å²) < 4.78 is 33.9. The van der Waals surface area contributed by atoms with E-state index in [1.165, 1.54) is 17.2 Å². The third-order valence-electron chi connectivity index (χ3n) is 8.92. The minimum atomic E-state index is -2.73. The quantitative estimate of drug-likeness (QED) is 0.475. The lowest BCUT2D eigenvalue weighted by Crippen LogP contribution is -2.55. The summed E-state index contributed by atoms with van der Waals surface area (Å²) in [4.78, 5) is 30.0. The maximum Gasteiger partial charge on any atom is 0.318 e. The lowest BCUT2D eigenvalue weighted by molar-refractivity contribution is -0.128. The highest BCUT2D eigenvalue weighted by atomic mass is 19.3. The summed E-state index contributed by atoms with van der Waals surface area (Å²) in [6.07, 6.45) is 3.30. The van der Waals surface area contributed by atoms with Crippen LogP contribution in [0.3, 0.4) is 0 Å². The van der Waals surface area contributed by atoms with Gasteiger partial charge >= 0.3 is 6.01 Å². The van der Waals surface area contributed by atoms with Crippen LogP contribution in [0.1, 0.15) is 47.7 Å². The van der Waals surface area contributed by atoms with Crippen molar-refractivity contribution in [3.8, 4) is 12.1 Å². The maximum absolute atomic E-state index is 14.0. The van der Waals surface area contributed by atoms with Crippen molar-refractivity contribution in [3.05, 3.63) is 59.3 Å². The molecule has 2 fully saturated rings. The SMILES string of the molecule is C=CC(=O)N1CCN(c2nc(OC[C@@H]3CC(F)(F)CN3C)nc3c2CN(C2CCc4ccccc42)C3)C[C@@H]1CC#N. The van der Waals surface area contributed by atoms with E-state index in [2.05, 4.69) is 46.7 Å². The largest absolute Gasteiger partial charge is 0.462 e. The summed E-state index contributed by atoms with van der Waals surface area (Å²) in [7, 11) is 1.68. The number of anilines is 1. The number of aryl methyl sites for hydroxylation is 1. The number of carbonyl (C=O) groups is 1. The number of alkyl halides is 2. The first-order valence-electron chi connectivity index (χ1n) is 14.2. The molecule has 0 bridgehead atoms. The summed E-state index contributed by atoms with van der Waals surface area (Å²) in [6.45, 7) is 6.13. The van der Waals surface area contributed by atoms with Crippen molar-refractivity contribution < 1.29 is 18.3 Å². The molecule has 0 N–H and O–H groups in total. The summed E-state index contributed by atoms with van der Waals surface area (Å²) in [5, 5.41) is 9.47. The van der Waals surface area contributed by atoms with E-state index in [-0.39, 0.29) is 50.0 Å². The van der Waals surface area contributed by atoms with Crippen LogP contribution in [0.5, 0.6) is 6.01 Å². The van der Waals surface area contributed by atoms with Crippen LogP contribution >= 0.6 is 0 Å². The van der Waals surface area contributed by atoms with Gasteiger partial charge in [0.2, 0.25) is 5.91 Å². The summed E-state index contributed by atoms with van der Waals surface area (Å²) >= 11 is 0. The normalized spacial score (nSPS) is 25.6. The van der Waals surface area contributed by atoms with E-state index >= 15 is 0 Å². The Labute approximate surface area is 239 Å². The Balaban J connectivity index is 1.28. The fourth-order valence-corrected chi connectivity index (χ4v) is 6.85. The van der Waals surface area contributed by atoms with E-state index in [9.17, 15) is 18.8 Å². The Hall–Kier alpha value is -3.62. The molecule has 3 aliphatic heterocycles. The van der Waals surface area contributed by atoms with Crippen LogP contribution < -0.4 is 9.64 Å². The van der Waals surface area contributed by atoms with E-state index in [1.807, 2.05) is 0 Å². The first-order chi connectivity index (χ1) is 19.8. The summed E-state index contributed by atoms with van der Waals surface area (Å²) in [6, 6.07) is 10.5. The predicted molar refractivity (Wildman–Crippen MR) is 148 cm³/mol. The van der Waals surface area contributed by atoms with E-state index in [4.69, 9.17) is 14.7 Å². The minimum absolute atomic E-state index is 0.0721. The molecule has 2 aromatic rings. The molecular formula is C30H35F2N7O2. The second kappa shape index (κ2) is 11.0. The molecular weight excluding hydrogens is 528 g/mol. The molecule has 1 amide bonds. The van der Waals surface area contributed by atoms with Crippen LogP contribution in [0, 0.1) is 11.3 Å². The average Bonchev–Trinajstić information content (AvgIpc) is 3.65. The Bertz CT molecular complexity index is 1380. The number of rotatable bonds is 7. The molecule has 1 aromatic heterocycles. The van der Waals surface area contributed by atoms with E-state index in [0.29, 0.717) is 32.7 Å². The Morgan fingerprint density at radius 3 is 2.83 bits per heavy atom. The molecule has 2 saturated heterocycles. The number of hydrogen-bond acceptors (Lipinski definition) is 8. The first-order valence-corrected chi connectivity index (χ1v) is 14.2. The van der Waals surface area contributed by atoms with Crippen molar-refractivity contribution >= 4 is 11.7 Å². The molecule has 1 aromatic carbocycles. The van der Waals surface area contributed by atoms with Gasteiger partial charge in [-0.15, -0.1) is 0 Å². The molecule has 216 valence electrons. The van der Waals surface area contributed by atoms with E-state index in [1.54, 1.807) is 16.8 Å². The van der Waals surface area contributed by atoms with Gasteiger partial charge in [-0.25, -0.2) is 8.78 Å². The van der Waals surface area contributed by atoms with Crippen molar-refractivity contribution in [2.45, 2.75) is 62.8 Å². The number of benzene rings is 1. The smallest absolute Gasteiger partial charge is 0.318 e. The first kappa shape index (κ1) is 27.5. The molecule has 11 heteroatoms. The molecule has 0 radical (unpaired) electrons. The molecule has 6 rings (SSSR count). The van der Waals surface area contributed by atoms with Crippen molar-refractivity contribution in [3.63, 3.8) is 0 Å². The highest BCUT2D eigenvalue weighted by Crippen LogP contribution is 2.42. The number of amides is 1. The van der Waals surface area contributed by atoms with Gasteiger partial charge in [-0.05, 0) is 37.1 Å². The van der Waals surface area contributed by atoms with Gasteiger partial charge in [-0.1, -0.05) is 30.8 Å². The lowest BCUT2D eigenvalue weighted by atomic mass is 10.1. The number of likely N-dealkylation sites (N-methyl/N-ethyl adjacent to an activating group) is 1. The number of hydrogen-bond donors (Lipinski definition) is 0. The lowest BCUT2D eigenvalue weighted by Gasteiger charge is -2.41. The van der Waals surface area contributed by atoms with E-state index < -0.39 is 12.0 Å². The van der Waals surface area contributed by atoms with Gasteiger partial charge < -0.3 is 14.5 Å². The number of likely N-dealkylation sites (tertiary alicyclic amines) is 1. The van der Waals surface area contributed by atoms with Crippen LogP contribution in [-0.2, 0) is 24.3 Å². The molecule has 4 aliphatic rings. The molecule has 1 aliphatic carbocycles. The number of nitrogens with zero attached hydrogens (tertiary/aromatic N) is 7. The minimum Gasteiger partial charge on any atom is -0.462 e. The van der Waals surface area contributed by atoms with Gasteiger partial charge in [0.15, 0.2) is 0 Å². The van der Waals surface area contributed by atoms with Gasteiger partial charge in [0.1, 0.15) is 12.4 Å². The third kappa shape index (κ3) is 5.38. The Kier molecular flexibility index (Phi) is 7.38. The van der Waals surface area contributed by atoms with Crippen LogP contribution in [0.25, 0.3) is 0 Å². The fourth-order valence-electron chi connectivity index (χ4n) is 6.85. The fraction of sp³-hybridized carbons (Fsp3) is 0.533. The van der Waals surface area contributed by atoms with Gasteiger partial charge in [-0.2, -0.15) is 15.2 Å². The van der Waals surface area contributed by atoms with Crippen molar-refractivity contribution in [2.24, 2.45) is 0 Å². The number of halogens is 2. The number of nitriles is 1. The van der Waals surface area contributed by atoms with Crippen molar-refractivity contribution in [1.29, 1.82) is 5.26 Å². The number of fused-ring (bicyclic) bond motifs is 2. The van der Waals surface area contributed by atoms with Crippen LogP contribution in [0.4, 0.5) is 14.6 Å². The number of carbonyl (C=O) groups excluding carboxylic acids is 1. The summed E-state index contributed by atoms with van der Waals surface area (Å²) in [5.41, 5.74) is 4.62. The molecule has 41 heavy (non-hydrogen) atoms. The van der Waals surface area contributed by atoms with Gasteiger partial charge in [0.05, 0.1) is 30.8 Å². The highest BCUT2D eigenvalue weighted by Gasteiger charge is 2.44. The molecule has 0 saturated carbocycles. The average molecular weight is 564 g/mol. The number of piperazine rings is 1.